The first-order valence-corrected chi connectivity index (χ1v) is 6.72. The summed E-state index contributed by atoms with van der Waals surface area (Å²) in [6.07, 6.45) is 0.893. The van der Waals surface area contributed by atoms with Crippen LogP contribution in [0.25, 0.3) is 0 Å². The molecule has 0 saturated carbocycles. The zero-order chi connectivity index (χ0) is 14.1. The number of anilines is 3. The SMILES string of the molecule is Cc1cc(N2CCCOc3ccccc32)c(N)cc1F. The molecule has 3 nitrogen and oxygen atoms in total. The number of para-hydroxylation sites is 2. The van der Waals surface area contributed by atoms with Crippen LogP contribution >= 0.6 is 0 Å². The lowest BCUT2D eigenvalue weighted by Crippen LogP contribution is -2.19. The van der Waals surface area contributed by atoms with Crippen LogP contribution in [-0.2, 0) is 0 Å². The Morgan fingerprint density at radius 2 is 2.00 bits per heavy atom. The number of fused-ring (bicyclic) bond motifs is 1. The van der Waals surface area contributed by atoms with Crippen molar-refractivity contribution in [2.45, 2.75) is 13.3 Å². The van der Waals surface area contributed by atoms with Crippen LogP contribution in [0.3, 0.4) is 0 Å². The minimum atomic E-state index is -0.273. The summed E-state index contributed by atoms with van der Waals surface area (Å²) in [6, 6.07) is 11.0. The second-order valence-electron chi connectivity index (χ2n) is 4.98. The molecule has 2 aromatic rings. The van der Waals surface area contributed by atoms with Crippen molar-refractivity contribution >= 4 is 17.1 Å². The third-order valence-electron chi connectivity index (χ3n) is 3.54. The third kappa shape index (κ3) is 2.18. The number of rotatable bonds is 1. The van der Waals surface area contributed by atoms with E-state index in [1.807, 2.05) is 24.3 Å². The van der Waals surface area contributed by atoms with Crippen molar-refractivity contribution in [3.05, 3.63) is 47.8 Å². The zero-order valence-corrected chi connectivity index (χ0v) is 11.4. The monoisotopic (exact) mass is 272 g/mol. The molecular weight excluding hydrogens is 255 g/mol. The van der Waals surface area contributed by atoms with Gasteiger partial charge in [0.1, 0.15) is 11.6 Å². The Balaban J connectivity index is 2.12. The average molecular weight is 272 g/mol. The topological polar surface area (TPSA) is 38.5 Å². The summed E-state index contributed by atoms with van der Waals surface area (Å²) in [5.74, 6) is 0.567. The summed E-state index contributed by atoms with van der Waals surface area (Å²) in [5, 5.41) is 0. The Labute approximate surface area is 117 Å². The maximum absolute atomic E-state index is 13.6. The molecule has 4 heteroatoms. The van der Waals surface area contributed by atoms with E-state index < -0.39 is 0 Å². The minimum Gasteiger partial charge on any atom is -0.491 e. The molecule has 0 fully saturated rings. The predicted octanol–water partition coefficient (Wildman–Crippen LogP) is 3.64. The second kappa shape index (κ2) is 5.04. The standard InChI is InChI=1S/C16H17FN2O/c1-11-9-15(13(18)10-12(11)17)19-7-4-8-20-16-6-3-2-5-14(16)19/h2-3,5-6,9-10H,4,7-8,18H2,1H3. The second-order valence-corrected chi connectivity index (χ2v) is 4.98. The van der Waals surface area contributed by atoms with Crippen molar-refractivity contribution in [3.63, 3.8) is 0 Å². The van der Waals surface area contributed by atoms with Gasteiger partial charge in [0.2, 0.25) is 0 Å². The normalized spacial score (nSPS) is 14.4. The average Bonchev–Trinajstić information content (AvgIpc) is 2.65. The number of nitrogens with zero attached hydrogens (tertiary/aromatic N) is 1. The minimum absolute atomic E-state index is 0.273. The highest BCUT2D eigenvalue weighted by molar-refractivity contribution is 5.78. The number of hydrogen-bond acceptors (Lipinski definition) is 3. The molecule has 2 aromatic carbocycles. The highest BCUT2D eigenvalue weighted by Gasteiger charge is 2.20. The highest BCUT2D eigenvalue weighted by Crippen LogP contribution is 2.38. The molecule has 0 atom stereocenters. The Hall–Kier alpha value is -2.23. The molecule has 1 aliphatic rings. The van der Waals surface area contributed by atoms with Gasteiger partial charge in [-0.1, -0.05) is 12.1 Å². The van der Waals surface area contributed by atoms with Crippen molar-refractivity contribution in [1.29, 1.82) is 0 Å². The number of ether oxygens (including phenoxy) is 1. The summed E-state index contributed by atoms with van der Waals surface area (Å²) >= 11 is 0. The molecule has 0 aromatic heterocycles. The van der Waals surface area contributed by atoms with Crippen LogP contribution in [0.1, 0.15) is 12.0 Å². The van der Waals surface area contributed by atoms with Gasteiger partial charge in [0.05, 0.1) is 23.7 Å². The number of halogens is 1. The molecule has 0 amide bonds. The van der Waals surface area contributed by atoms with Gasteiger partial charge >= 0.3 is 0 Å². The van der Waals surface area contributed by atoms with Crippen LogP contribution in [-0.4, -0.2) is 13.2 Å². The van der Waals surface area contributed by atoms with Gasteiger partial charge in [-0.05, 0) is 43.2 Å². The van der Waals surface area contributed by atoms with E-state index in [4.69, 9.17) is 10.5 Å². The Morgan fingerprint density at radius 3 is 2.85 bits per heavy atom. The lowest BCUT2D eigenvalue weighted by molar-refractivity contribution is 0.322. The number of benzene rings is 2. The quantitative estimate of drug-likeness (QED) is 0.805. The van der Waals surface area contributed by atoms with E-state index in [1.165, 1.54) is 6.07 Å². The largest absolute Gasteiger partial charge is 0.491 e. The number of aryl methyl sites for hydroxylation is 1. The van der Waals surface area contributed by atoms with E-state index in [2.05, 4.69) is 4.90 Å². The molecule has 3 rings (SSSR count). The molecule has 0 saturated heterocycles. The van der Waals surface area contributed by atoms with E-state index in [-0.39, 0.29) is 5.82 Å². The first-order chi connectivity index (χ1) is 9.66. The fraction of sp³-hybridized carbons (Fsp3) is 0.250. The maximum atomic E-state index is 13.6. The van der Waals surface area contributed by atoms with Crippen molar-refractivity contribution < 1.29 is 9.13 Å². The van der Waals surface area contributed by atoms with Gasteiger partial charge in [0.25, 0.3) is 0 Å². The molecule has 20 heavy (non-hydrogen) atoms. The number of nitrogens with two attached hydrogens (primary N) is 1. The number of hydrogen-bond donors (Lipinski definition) is 1. The first kappa shape index (κ1) is 12.8. The van der Waals surface area contributed by atoms with Crippen molar-refractivity contribution in [2.24, 2.45) is 0 Å². The first-order valence-electron chi connectivity index (χ1n) is 6.72. The molecule has 0 spiro atoms. The molecule has 0 unspecified atom stereocenters. The van der Waals surface area contributed by atoms with Crippen LogP contribution in [0.5, 0.6) is 5.75 Å². The molecule has 1 heterocycles. The van der Waals surface area contributed by atoms with Crippen molar-refractivity contribution in [3.8, 4) is 5.75 Å². The lowest BCUT2D eigenvalue weighted by atomic mass is 10.1. The predicted molar refractivity (Wildman–Crippen MR) is 79.1 cm³/mol. The van der Waals surface area contributed by atoms with Gasteiger partial charge in [-0.25, -0.2) is 4.39 Å². The lowest BCUT2D eigenvalue weighted by Gasteiger charge is -2.25. The number of nitrogen functional groups attached to an aromatic ring is 1. The van der Waals surface area contributed by atoms with E-state index in [9.17, 15) is 4.39 Å². The van der Waals surface area contributed by atoms with Crippen LogP contribution in [0.15, 0.2) is 36.4 Å². The van der Waals surface area contributed by atoms with Gasteiger partial charge in [-0.2, -0.15) is 0 Å². The summed E-state index contributed by atoms with van der Waals surface area (Å²) in [6.45, 7) is 3.22. The summed E-state index contributed by atoms with van der Waals surface area (Å²) in [7, 11) is 0. The van der Waals surface area contributed by atoms with Crippen molar-refractivity contribution in [1.82, 2.24) is 0 Å². The van der Waals surface area contributed by atoms with E-state index >= 15 is 0 Å². The van der Waals surface area contributed by atoms with Gasteiger partial charge in [-0.3, -0.25) is 0 Å². The fourth-order valence-electron chi connectivity index (χ4n) is 2.49. The van der Waals surface area contributed by atoms with Crippen LogP contribution < -0.4 is 15.4 Å². The van der Waals surface area contributed by atoms with Gasteiger partial charge in [0.15, 0.2) is 0 Å². The van der Waals surface area contributed by atoms with E-state index in [0.29, 0.717) is 17.9 Å². The maximum Gasteiger partial charge on any atom is 0.142 e. The third-order valence-corrected chi connectivity index (χ3v) is 3.54. The van der Waals surface area contributed by atoms with Gasteiger partial charge < -0.3 is 15.4 Å². The fourth-order valence-corrected chi connectivity index (χ4v) is 2.49. The zero-order valence-electron chi connectivity index (χ0n) is 11.4. The summed E-state index contributed by atoms with van der Waals surface area (Å²) in [4.78, 5) is 2.10. The van der Waals surface area contributed by atoms with Crippen molar-refractivity contribution in [2.75, 3.05) is 23.8 Å². The molecule has 0 aliphatic carbocycles. The van der Waals surface area contributed by atoms with Crippen LogP contribution in [0.2, 0.25) is 0 Å². The summed E-state index contributed by atoms with van der Waals surface area (Å²) in [5.41, 5.74) is 8.86. The summed E-state index contributed by atoms with van der Waals surface area (Å²) < 4.78 is 19.3. The van der Waals surface area contributed by atoms with E-state index in [0.717, 1.165) is 30.1 Å². The molecule has 1 aliphatic heterocycles. The van der Waals surface area contributed by atoms with E-state index in [1.54, 1.807) is 13.0 Å². The van der Waals surface area contributed by atoms with Gasteiger partial charge in [-0.15, -0.1) is 0 Å². The highest BCUT2D eigenvalue weighted by atomic mass is 19.1. The smallest absolute Gasteiger partial charge is 0.142 e. The molecule has 104 valence electrons. The molecule has 0 radical (unpaired) electrons. The molecule has 0 bridgehead atoms. The molecular formula is C16H17FN2O. The van der Waals surface area contributed by atoms with Gasteiger partial charge in [0, 0.05) is 6.54 Å². The molecule has 2 N–H and O–H groups in total. The Morgan fingerprint density at radius 1 is 1.20 bits per heavy atom. The van der Waals surface area contributed by atoms with Crippen LogP contribution in [0.4, 0.5) is 21.5 Å². The van der Waals surface area contributed by atoms with Crippen LogP contribution in [0, 0.1) is 12.7 Å². The Kier molecular flexibility index (Phi) is 3.22. The Bertz CT molecular complexity index is 642.